The zero-order valence-electron chi connectivity index (χ0n) is 24.9. The summed E-state index contributed by atoms with van der Waals surface area (Å²) in [7, 11) is 0. The number of primary amides is 1. The maximum Gasteiger partial charge on any atom is 0.326 e. The highest BCUT2D eigenvalue weighted by molar-refractivity contribution is 7.98. The predicted octanol–water partition coefficient (Wildman–Crippen LogP) is -1.36. The van der Waals surface area contributed by atoms with Gasteiger partial charge in [0.15, 0.2) is 0 Å². The van der Waals surface area contributed by atoms with E-state index in [1.165, 1.54) is 18.7 Å². The minimum absolute atomic E-state index is 0.0130. The van der Waals surface area contributed by atoms with Crippen LogP contribution >= 0.6 is 11.8 Å². The van der Waals surface area contributed by atoms with Crippen LogP contribution in [0, 0.1) is 5.92 Å². The Morgan fingerprint density at radius 1 is 0.837 bits per heavy atom. The molecule has 0 fully saturated rings. The van der Waals surface area contributed by atoms with Gasteiger partial charge in [-0.3, -0.25) is 24.0 Å². The molecule has 0 saturated heterocycles. The number of amides is 5. The van der Waals surface area contributed by atoms with E-state index in [2.05, 4.69) is 21.3 Å². The second kappa shape index (κ2) is 18.8. The molecule has 1 rings (SSSR count). The smallest absolute Gasteiger partial charge is 0.326 e. The zero-order valence-corrected chi connectivity index (χ0v) is 25.7. The second-order valence-corrected chi connectivity index (χ2v) is 11.6. The van der Waals surface area contributed by atoms with Crippen LogP contribution in [0.15, 0.2) is 30.3 Å². The Labute approximate surface area is 255 Å². The minimum atomic E-state index is -1.55. The molecule has 0 spiro atoms. The number of rotatable bonds is 19. The number of aliphatic hydroxyl groups excluding tert-OH is 1. The SMILES string of the molecule is CSCCC(NC(=O)C(CC(C)C)NC(=O)C(NC(=O)C(Cc1ccccc1)NC(=O)C(N)CC(N)=O)C(C)O)C(=O)O. The Morgan fingerprint density at radius 2 is 1.40 bits per heavy atom. The van der Waals surface area contributed by atoms with E-state index >= 15 is 0 Å². The van der Waals surface area contributed by atoms with Crippen molar-refractivity contribution >= 4 is 47.3 Å². The van der Waals surface area contributed by atoms with Crippen molar-refractivity contribution in [3.05, 3.63) is 35.9 Å². The molecule has 0 heterocycles. The van der Waals surface area contributed by atoms with Gasteiger partial charge < -0.3 is 42.9 Å². The van der Waals surface area contributed by atoms with E-state index in [1.807, 2.05) is 13.8 Å². The van der Waals surface area contributed by atoms with E-state index < -0.39 is 78.2 Å². The molecule has 0 aliphatic rings. The van der Waals surface area contributed by atoms with Crippen LogP contribution < -0.4 is 32.7 Å². The fraction of sp³-hybridized carbons (Fsp3) is 0.571. The molecule has 6 unspecified atom stereocenters. The Morgan fingerprint density at radius 3 is 1.91 bits per heavy atom. The van der Waals surface area contributed by atoms with Gasteiger partial charge in [0.25, 0.3) is 0 Å². The maximum atomic E-state index is 13.4. The van der Waals surface area contributed by atoms with Gasteiger partial charge in [-0.15, -0.1) is 0 Å². The number of nitrogens with two attached hydrogens (primary N) is 2. The highest BCUT2D eigenvalue weighted by atomic mass is 32.2. The van der Waals surface area contributed by atoms with Crippen LogP contribution in [0.25, 0.3) is 0 Å². The molecule has 15 heteroatoms. The summed E-state index contributed by atoms with van der Waals surface area (Å²) in [6.07, 6.45) is 0.236. The van der Waals surface area contributed by atoms with Gasteiger partial charge in [0, 0.05) is 6.42 Å². The fourth-order valence-corrected chi connectivity index (χ4v) is 4.51. The van der Waals surface area contributed by atoms with Gasteiger partial charge in [-0.2, -0.15) is 11.8 Å². The van der Waals surface area contributed by atoms with Gasteiger partial charge in [-0.05, 0) is 43.3 Å². The highest BCUT2D eigenvalue weighted by Gasteiger charge is 2.34. The minimum Gasteiger partial charge on any atom is -0.480 e. The first-order valence-corrected chi connectivity index (χ1v) is 15.2. The maximum absolute atomic E-state index is 13.4. The fourth-order valence-electron chi connectivity index (χ4n) is 4.04. The summed E-state index contributed by atoms with van der Waals surface area (Å²) in [6, 6.07) is 2.21. The standard InChI is InChI=1S/C28H44N6O8S/c1-15(2)12-20(25(38)31-19(28(41)42)10-11-43-4)33-27(40)23(16(3)35)34-26(39)21(13-17-8-6-5-7-9-17)32-24(37)18(29)14-22(30)36/h5-9,15-16,18-21,23,35H,10-14,29H2,1-4H3,(H2,30,36)(H,31,38)(H,32,37)(H,33,40)(H,34,39)(H,41,42). The first kappa shape index (κ1) is 37.3. The molecule has 0 aliphatic carbocycles. The average molecular weight is 625 g/mol. The Balaban J connectivity index is 3.16. The monoisotopic (exact) mass is 624 g/mol. The van der Waals surface area contributed by atoms with E-state index in [4.69, 9.17) is 11.5 Å². The molecule has 14 nitrogen and oxygen atoms in total. The number of carbonyl (C=O) groups is 6. The third-order valence-electron chi connectivity index (χ3n) is 6.30. The van der Waals surface area contributed by atoms with Crippen molar-refractivity contribution in [2.45, 2.75) is 82.8 Å². The van der Waals surface area contributed by atoms with E-state index in [0.29, 0.717) is 11.3 Å². The quantitative estimate of drug-likeness (QED) is 0.0898. The van der Waals surface area contributed by atoms with Crippen LogP contribution in [0.1, 0.15) is 45.6 Å². The van der Waals surface area contributed by atoms with Crippen molar-refractivity contribution in [3.8, 4) is 0 Å². The lowest BCUT2D eigenvalue weighted by Gasteiger charge is -2.28. The third-order valence-corrected chi connectivity index (χ3v) is 6.95. The topological polar surface area (TPSA) is 243 Å². The van der Waals surface area contributed by atoms with Crippen molar-refractivity contribution in [3.63, 3.8) is 0 Å². The van der Waals surface area contributed by atoms with Crippen LogP contribution in [0.3, 0.4) is 0 Å². The Kier molecular flexibility index (Phi) is 16.3. The summed E-state index contributed by atoms with van der Waals surface area (Å²) in [5, 5.41) is 29.8. The molecule has 0 saturated carbocycles. The van der Waals surface area contributed by atoms with Gasteiger partial charge in [0.05, 0.1) is 18.6 Å². The van der Waals surface area contributed by atoms with Crippen LogP contribution in [0.5, 0.6) is 0 Å². The number of nitrogens with one attached hydrogen (secondary N) is 4. The number of hydrogen-bond acceptors (Lipinski definition) is 9. The van der Waals surface area contributed by atoms with Gasteiger partial charge >= 0.3 is 5.97 Å². The molecule has 5 amide bonds. The van der Waals surface area contributed by atoms with Crippen molar-refractivity contribution in [2.24, 2.45) is 17.4 Å². The number of thioether (sulfide) groups is 1. The molecule has 1 aromatic carbocycles. The molecule has 240 valence electrons. The van der Waals surface area contributed by atoms with Gasteiger partial charge in [0.1, 0.15) is 24.2 Å². The van der Waals surface area contributed by atoms with Crippen LogP contribution in [0.4, 0.5) is 0 Å². The number of carboxylic acids is 1. The lowest BCUT2D eigenvalue weighted by atomic mass is 10.0. The van der Waals surface area contributed by atoms with E-state index in [9.17, 15) is 39.0 Å². The van der Waals surface area contributed by atoms with Crippen molar-refractivity contribution in [1.29, 1.82) is 0 Å². The summed E-state index contributed by atoms with van der Waals surface area (Å²) >= 11 is 1.42. The molecular formula is C28H44N6O8S. The lowest BCUT2D eigenvalue weighted by Crippen LogP contribution is -2.61. The normalized spacial score (nSPS) is 15.2. The molecular weight excluding hydrogens is 580 g/mol. The van der Waals surface area contributed by atoms with Crippen molar-refractivity contribution < 1.29 is 39.0 Å². The molecule has 10 N–H and O–H groups in total. The molecule has 6 atom stereocenters. The molecule has 0 bridgehead atoms. The average Bonchev–Trinajstić information content (AvgIpc) is 2.92. The van der Waals surface area contributed by atoms with Gasteiger partial charge in [-0.25, -0.2) is 4.79 Å². The van der Waals surface area contributed by atoms with Crippen LogP contribution in [-0.4, -0.2) is 94.0 Å². The second-order valence-electron chi connectivity index (χ2n) is 10.6. The van der Waals surface area contributed by atoms with E-state index in [1.54, 1.807) is 36.6 Å². The summed E-state index contributed by atoms with van der Waals surface area (Å²) in [6.45, 7) is 4.88. The van der Waals surface area contributed by atoms with Gasteiger partial charge in [-0.1, -0.05) is 44.2 Å². The number of carboxylic acid groups (broad SMARTS) is 1. The summed E-state index contributed by atoms with van der Waals surface area (Å²) in [5.74, 6) is -4.89. The third kappa shape index (κ3) is 13.9. The number of aliphatic hydroxyl groups is 1. The van der Waals surface area contributed by atoms with Crippen LogP contribution in [0.2, 0.25) is 0 Å². The summed E-state index contributed by atoms with van der Waals surface area (Å²) < 4.78 is 0. The largest absolute Gasteiger partial charge is 0.480 e. The van der Waals surface area contributed by atoms with Gasteiger partial charge in [0.2, 0.25) is 29.5 Å². The zero-order chi connectivity index (χ0) is 32.7. The predicted molar refractivity (Wildman–Crippen MR) is 161 cm³/mol. The summed E-state index contributed by atoms with van der Waals surface area (Å²) in [4.78, 5) is 75.2. The van der Waals surface area contributed by atoms with E-state index in [0.717, 1.165) is 0 Å². The number of aliphatic carboxylic acids is 1. The van der Waals surface area contributed by atoms with Crippen molar-refractivity contribution in [1.82, 2.24) is 21.3 Å². The molecule has 0 radical (unpaired) electrons. The highest BCUT2D eigenvalue weighted by Crippen LogP contribution is 2.10. The van der Waals surface area contributed by atoms with Crippen molar-refractivity contribution in [2.75, 3.05) is 12.0 Å². The number of carbonyl (C=O) groups excluding carboxylic acids is 5. The van der Waals surface area contributed by atoms with E-state index in [-0.39, 0.29) is 25.2 Å². The first-order valence-electron chi connectivity index (χ1n) is 13.8. The Hall–Kier alpha value is -3.69. The Bertz CT molecular complexity index is 1100. The lowest BCUT2D eigenvalue weighted by molar-refractivity contribution is -0.142. The first-order chi connectivity index (χ1) is 20.2. The van der Waals surface area contributed by atoms with Crippen LogP contribution in [-0.2, 0) is 35.2 Å². The number of hydrogen-bond donors (Lipinski definition) is 8. The molecule has 0 aliphatic heterocycles. The number of benzene rings is 1. The molecule has 0 aromatic heterocycles. The molecule has 43 heavy (non-hydrogen) atoms. The summed E-state index contributed by atoms with van der Waals surface area (Å²) in [5.41, 5.74) is 11.5. The molecule has 1 aromatic rings.